The summed E-state index contributed by atoms with van der Waals surface area (Å²) < 4.78 is 5.11. The third-order valence-corrected chi connectivity index (χ3v) is 3.11. The highest BCUT2D eigenvalue weighted by Crippen LogP contribution is 2.23. The molecule has 0 unspecified atom stereocenters. The fourth-order valence-corrected chi connectivity index (χ4v) is 2.00. The van der Waals surface area contributed by atoms with Crippen molar-refractivity contribution in [2.24, 2.45) is 0 Å². The molecule has 0 fully saturated rings. The molecule has 1 heterocycles. The average Bonchev–Trinajstić information content (AvgIpc) is 2.56. The maximum absolute atomic E-state index is 5.98. The Morgan fingerprint density at radius 1 is 0.955 bits per heavy atom. The number of hydrogen-bond donors (Lipinski definition) is 2. The largest absolute Gasteiger partial charge is 0.497 e. The van der Waals surface area contributed by atoms with Gasteiger partial charge < -0.3 is 15.8 Å². The van der Waals surface area contributed by atoms with Crippen LogP contribution in [-0.4, -0.2) is 22.3 Å². The van der Waals surface area contributed by atoms with Crippen LogP contribution in [0, 0.1) is 0 Å². The zero-order chi connectivity index (χ0) is 15.4. The fraction of sp³-hybridized carbons (Fsp3) is 0.0625. The molecule has 110 valence electrons. The summed E-state index contributed by atoms with van der Waals surface area (Å²) in [5.74, 6) is 1.46. The van der Waals surface area contributed by atoms with Crippen LogP contribution < -0.4 is 15.8 Å². The monoisotopic (exact) mass is 293 g/mol. The van der Waals surface area contributed by atoms with Gasteiger partial charge in [0.15, 0.2) is 5.82 Å². The van der Waals surface area contributed by atoms with Crippen LogP contribution in [0.4, 0.5) is 17.5 Å². The highest BCUT2D eigenvalue weighted by Gasteiger charge is 2.08. The third kappa shape index (κ3) is 2.95. The summed E-state index contributed by atoms with van der Waals surface area (Å²) in [7, 11) is 1.62. The van der Waals surface area contributed by atoms with Crippen molar-refractivity contribution >= 4 is 17.5 Å². The average molecular weight is 293 g/mol. The van der Waals surface area contributed by atoms with E-state index in [-0.39, 0.29) is 0 Å². The molecule has 22 heavy (non-hydrogen) atoms. The minimum absolute atomic E-state index is 0.331. The van der Waals surface area contributed by atoms with Gasteiger partial charge in [0.1, 0.15) is 11.4 Å². The number of methoxy groups -OCH3 is 1. The van der Waals surface area contributed by atoms with E-state index in [1.807, 2.05) is 54.6 Å². The number of ether oxygens (including phenoxy) is 1. The Morgan fingerprint density at radius 2 is 1.68 bits per heavy atom. The minimum Gasteiger partial charge on any atom is -0.497 e. The number of nitrogens with one attached hydrogen (secondary N) is 1. The zero-order valence-electron chi connectivity index (χ0n) is 12.0. The van der Waals surface area contributed by atoms with E-state index in [2.05, 4.69) is 20.5 Å². The molecule has 0 radical (unpaired) electrons. The molecule has 0 aliphatic carbocycles. The molecule has 6 heteroatoms. The summed E-state index contributed by atoms with van der Waals surface area (Å²) in [6, 6.07) is 17.0. The van der Waals surface area contributed by atoms with Crippen LogP contribution in [0.2, 0.25) is 0 Å². The molecule has 2 aromatic carbocycles. The first kappa shape index (κ1) is 13.8. The Kier molecular flexibility index (Phi) is 3.82. The summed E-state index contributed by atoms with van der Waals surface area (Å²) in [5, 5.41) is 11.3. The SMILES string of the molecule is COc1ccc(Nc2nnc(-c3ccccc3)c(N)n2)cc1. The lowest BCUT2D eigenvalue weighted by atomic mass is 10.1. The van der Waals surface area contributed by atoms with Crippen molar-refractivity contribution in [2.45, 2.75) is 0 Å². The summed E-state index contributed by atoms with van der Waals surface area (Å²) in [6.45, 7) is 0. The topological polar surface area (TPSA) is 86.0 Å². The van der Waals surface area contributed by atoms with Gasteiger partial charge in [-0.25, -0.2) is 0 Å². The molecule has 0 aliphatic heterocycles. The van der Waals surface area contributed by atoms with Crippen molar-refractivity contribution in [1.82, 2.24) is 15.2 Å². The molecule has 0 saturated heterocycles. The number of benzene rings is 2. The van der Waals surface area contributed by atoms with Crippen LogP contribution in [0.5, 0.6) is 5.75 Å². The summed E-state index contributed by atoms with van der Waals surface area (Å²) in [6.07, 6.45) is 0. The molecular formula is C16H15N5O. The molecule has 0 aliphatic rings. The van der Waals surface area contributed by atoms with Gasteiger partial charge in [0, 0.05) is 11.3 Å². The maximum atomic E-state index is 5.98. The normalized spacial score (nSPS) is 10.2. The van der Waals surface area contributed by atoms with Gasteiger partial charge in [-0.05, 0) is 24.3 Å². The second-order valence-electron chi connectivity index (χ2n) is 4.59. The van der Waals surface area contributed by atoms with Crippen molar-refractivity contribution in [3.63, 3.8) is 0 Å². The standard InChI is InChI=1S/C16H15N5O/c1-22-13-9-7-12(8-10-13)18-16-19-15(17)14(20-21-16)11-5-3-2-4-6-11/h2-10H,1H3,(H3,17,18,19,21). The molecule has 1 aromatic heterocycles. The first-order valence-electron chi connectivity index (χ1n) is 6.73. The van der Waals surface area contributed by atoms with E-state index in [0.717, 1.165) is 17.0 Å². The van der Waals surface area contributed by atoms with Gasteiger partial charge in [0.25, 0.3) is 0 Å². The van der Waals surface area contributed by atoms with Gasteiger partial charge in [0.2, 0.25) is 5.95 Å². The number of nitrogen functional groups attached to an aromatic ring is 1. The van der Waals surface area contributed by atoms with Crippen LogP contribution in [0.1, 0.15) is 0 Å². The number of nitrogens with zero attached hydrogens (tertiary/aromatic N) is 3. The van der Waals surface area contributed by atoms with Crippen LogP contribution >= 0.6 is 0 Å². The zero-order valence-corrected chi connectivity index (χ0v) is 12.0. The lowest BCUT2D eigenvalue weighted by molar-refractivity contribution is 0.415. The smallest absolute Gasteiger partial charge is 0.249 e. The van der Waals surface area contributed by atoms with Gasteiger partial charge in [-0.1, -0.05) is 30.3 Å². The van der Waals surface area contributed by atoms with Crippen LogP contribution in [0.25, 0.3) is 11.3 Å². The fourth-order valence-electron chi connectivity index (χ4n) is 2.00. The van der Waals surface area contributed by atoms with E-state index in [1.54, 1.807) is 7.11 Å². The van der Waals surface area contributed by atoms with Gasteiger partial charge in [0.05, 0.1) is 7.11 Å². The Bertz CT molecular complexity index is 759. The van der Waals surface area contributed by atoms with Gasteiger partial charge >= 0.3 is 0 Å². The lowest BCUT2D eigenvalue weighted by Gasteiger charge is -2.08. The van der Waals surface area contributed by atoms with Crippen molar-refractivity contribution < 1.29 is 4.74 Å². The highest BCUT2D eigenvalue weighted by atomic mass is 16.5. The molecular weight excluding hydrogens is 278 g/mol. The number of anilines is 3. The van der Waals surface area contributed by atoms with E-state index in [0.29, 0.717) is 17.5 Å². The number of aromatic nitrogens is 3. The Balaban J connectivity index is 1.82. The first-order chi connectivity index (χ1) is 10.8. The summed E-state index contributed by atoms with van der Waals surface area (Å²) >= 11 is 0. The molecule has 0 atom stereocenters. The molecule has 0 spiro atoms. The van der Waals surface area contributed by atoms with Crippen molar-refractivity contribution in [3.05, 3.63) is 54.6 Å². The van der Waals surface area contributed by atoms with Crippen LogP contribution in [-0.2, 0) is 0 Å². The number of rotatable bonds is 4. The van der Waals surface area contributed by atoms with Gasteiger partial charge in [-0.15, -0.1) is 10.2 Å². The summed E-state index contributed by atoms with van der Waals surface area (Å²) in [4.78, 5) is 4.25. The molecule has 3 rings (SSSR count). The van der Waals surface area contributed by atoms with Crippen LogP contribution in [0.3, 0.4) is 0 Å². The first-order valence-corrected chi connectivity index (χ1v) is 6.73. The maximum Gasteiger partial charge on any atom is 0.249 e. The number of hydrogen-bond acceptors (Lipinski definition) is 6. The predicted octanol–water partition coefficient (Wildman–Crippen LogP) is 2.87. The van der Waals surface area contributed by atoms with E-state index >= 15 is 0 Å². The van der Waals surface area contributed by atoms with Crippen molar-refractivity contribution in [2.75, 3.05) is 18.2 Å². The predicted molar refractivity (Wildman–Crippen MR) is 86.0 cm³/mol. The molecule has 0 saturated carbocycles. The summed E-state index contributed by atoms with van der Waals surface area (Å²) in [5.41, 5.74) is 8.26. The van der Waals surface area contributed by atoms with Gasteiger partial charge in [-0.3, -0.25) is 0 Å². The molecule has 6 nitrogen and oxygen atoms in total. The Morgan fingerprint density at radius 3 is 2.32 bits per heavy atom. The molecule has 3 N–H and O–H groups in total. The van der Waals surface area contributed by atoms with Gasteiger partial charge in [-0.2, -0.15) is 4.98 Å². The minimum atomic E-state index is 0.331. The van der Waals surface area contributed by atoms with E-state index < -0.39 is 0 Å². The molecule has 3 aromatic rings. The lowest BCUT2D eigenvalue weighted by Crippen LogP contribution is -2.05. The van der Waals surface area contributed by atoms with E-state index in [4.69, 9.17) is 10.5 Å². The third-order valence-electron chi connectivity index (χ3n) is 3.11. The van der Waals surface area contributed by atoms with E-state index in [1.165, 1.54) is 0 Å². The molecule has 0 bridgehead atoms. The quantitative estimate of drug-likeness (QED) is 0.769. The Labute approximate surface area is 128 Å². The Hall–Kier alpha value is -3.15. The van der Waals surface area contributed by atoms with Crippen molar-refractivity contribution in [3.8, 4) is 17.0 Å². The number of nitrogens with two attached hydrogens (primary N) is 1. The van der Waals surface area contributed by atoms with E-state index in [9.17, 15) is 0 Å². The van der Waals surface area contributed by atoms with Crippen LogP contribution in [0.15, 0.2) is 54.6 Å². The molecule has 0 amide bonds. The highest BCUT2D eigenvalue weighted by molar-refractivity contribution is 5.70. The second kappa shape index (κ2) is 6.09. The second-order valence-corrected chi connectivity index (χ2v) is 4.59. The van der Waals surface area contributed by atoms with Crippen molar-refractivity contribution in [1.29, 1.82) is 0 Å².